The van der Waals surface area contributed by atoms with Gasteiger partial charge in [-0.25, -0.2) is 0 Å². The van der Waals surface area contributed by atoms with Crippen LogP contribution >= 0.6 is 22.9 Å². The Morgan fingerprint density at radius 3 is 2.84 bits per heavy atom. The summed E-state index contributed by atoms with van der Waals surface area (Å²) >= 11 is 8.17. The van der Waals surface area contributed by atoms with Crippen LogP contribution < -0.4 is 5.32 Å². The van der Waals surface area contributed by atoms with Crippen molar-refractivity contribution >= 4 is 22.9 Å². The minimum absolute atomic E-state index is 0.335. The van der Waals surface area contributed by atoms with Gasteiger partial charge in [-0.15, -0.1) is 11.3 Å². The third kappa shape index (κ3) is 3.19. The second kappa shape index (κ2) is 6.55. The number of nitrogens with one attached hydrogen (secondary N) is 1. The molecule has 0 bridgehead atoms. The van der Waals surface area contributed by atoms with Gasteiger partial charge >= 0.3 is 0 Å². The highest BCUT2D eigenvalue weighted by Crippen LogP contribution is 2.23. The summed E-state index contributed by atoms with van der Waals surface area (Å²) in [6.45, 7) is 7.95. The number of rotatable bonds is 6. The first kappa shape index (κ1) is 14.6. The Morgan fingerprint density at radius 2 is 2.26 bits per heavy atom. The van der Waals surface area contributed by atoms with Crippen molar-refractivity contribution < 1.29 is 0 Å². The van der Waals surface area contributed by atoms with E-state index < -0.39 is 0 Å². The molecule has 0 aromatic carbocycles. The summed E-state index contributed by atoms with van der Waals surface area (Å²) < 4.78 is 2.00. The second-order valence-electron chi connectivity index (χ2n) is 4.49. The molecule has 0 unspecified atom stereocenters. The van der Waals surface area contributed by atoms with Crippen molar-refractivity contribution in [2.45, 2.75) is 46.3 Å². The number of aryl methyl sites for hydroxylation is 2. The Hall–Kier alpha value is -0.840. The molecule has 0 aliphatic heterocycles. The molecule has 0 saturated heterocycles. The average molecular weight is 298 g/mol. The largest absolute Gasteiger partial charge is 0.304 e. The lowest BCUT2D eigenvalue weighted by atomic mass is 10.2. The Bertz CT molecular complexity index is 519. The van der Waals surface area contributed by atoms with Crippen LogP contribution in [0.25, 0.3) is 0 Å². The number of aromatic nitrogens is 2. The maximum absolute atomic E-state index is 6.40. The molecule has 5 heteroatoms. The topological polar surface area (TPSA) is 29.9 Å². The minimum Gasteiger partial charge on any atom is -0.304 e. The van der Waals surface area contributed by atoms with E-state index in [4.69, 9.17) is 11.6 Å². The third-order valence-corrected chi connectivity index (χ3v) is 4.73. The molecule has 0 saturated carbocycles. The van der Waals surface area contributed by atoms with Gasteiger partial charge in [0.1, 0.15) is 0 Å². The first-order chi connectivity index (χ1) is 9.17. The number of nitrogens with zero attached hydrogens (tertiary/aromatic N) is 2. The molecule has 0 spiro atoms. The van der Waals surface area contributed by atoms with Crippen molar-refractivity contribution in [2.75, 3.05) is 0 Å². The fourth-order valence-electron chi connectivity index (χ4n) is 2.07. The van der Waals surface area contributed by atoms with Gasteiger partial charge in [-0.1, -0.05) is 24.6 Å². The zero-order valence-electron chi connectivity index (χ0n) is 11.6. The van der Waals surface area contributed by atoms with Crippen LogP contribution in [-0.2, 0) is 19.5 Å². The summed E-state index contributed by atoms with van der Waals surface area (Å²) in [6, 6.07) is 4.57. The normalized spacial score (nSPS) is 12.8. The lowest BCUT2D eigenvalue weighted by Crippen LogP contribution is -2.19. The fraction of sp³-hybridized carbons (Fsp3) is 0.500. The Kier molecular flexibility index (Phi) is 5.02. The molecule has 0 aliphatic rings. The van der Waals surface area contributed by atoms with Gasteiger partial charge in [0.15, 0.2) is 0 Å². The molecule has 104 valence electrons. The molecule has 0 aliphatic carbocycles. The molecule has 0 radical (unpaired) electrons. The highest BCUT2D eigenvalue weighted by atomic mass is 35.5. The molecular formula is C14H20ClN3S. The van der Waals surface area contributed by atoms with Gasteiger partial charge in [0.2, 0.25) is 0 Å². The Balaban J connectivity index is 2.08. The predicted octanol–water partition coefficient (Wildman–Crippen LogP) is 4.03. The summed E-state index contributed by atoms with van der Waals surface area (Å²) in [6.07, 6.45) is 0.874. The van der Waals surface area contributed by atoms with Crippen LogP contribution in [0, 0.1) is 0 Å². The number of hydrogen-bond donors (Lipinski definition) is 1. The summed E-state index contributed by atoms with van der Waals surface area (Å²) in [5, 5.41) is 11.0. The van der Waals surface area contributed by atoms with Crippen molar-refractivity contribution in [3.8, 4) is 0 Å². The lowest BCUT2D eigenvalue weighted by molar-refractivity contribution is 0.535. The molecule has 0 fully saturated rings. The zero-order chi connectivity index (χ0) is 13.8. The SMILES string of the molecule is CCc1nn(CC)c(CN[C@@H](C)c2cccs2)c1Cl. The van der Waals surface area contributed by atoms with Crippen molar-refractivity contribution in [3.05, 3.63) is 38.8 Å². The molecule has 2 aromatic rings. The summed E-state index contributed by atoms with van der Waals surface area (Å²) in [5.41, 5.74) is 2.08. The number of hydrogen-bond acceptors (Lipinski definition) is 3. The van der Waals surface area contributed by atoms with Crippen LogP contribution in [-0.4, -0.2) is 9.78 Å². The van der Waals surface area contributed by atoms with Crippen LogP contribution in [0.15, 0.2) is 17.5 Å². The van der Waals surface area contributed by atoms with Crippen molar-refractivity contribution in [2.24, 2.45) is 0 Å². The molecule has 1 atom stereocenters. The molecule has 2 rings (SSSR count). The zero-order valence-corrected chi connectivity index (χ0v) is 13.2. The van der Waals surface area contributed by atoms with Gasteiger partial charge in [0.25, 0.3) is 0 Å². The molecule has 3 nitrogen and oxygen atoms in total. The standard InChI is InChI=1S/C14H20ClN3S/c1-4-11-14(15)12(18(5-2)17-11)9-16-10(3)13-7-6-8-19-13/h6-8,10,16H,4-5,9H2,1-3H3/t10-/m0/s1. The maximum Gasteiger partial charge on any atom is 0.0863 e. The monoisotopic (exact) mass is 297 g/mol. The van der Waals surface area contributed by atoms with Gasteiger partial charge in [-0.2, -0.15) is 5.10 Å². The maximum atomic E-state index is 6.40. The second-order valence-corrected chi connectivity index (χ2v) is 5.85. The lowest BCUT2D eigenvalue weighted by Gasteiger charge is -2.13. The van der Waals surface area contributed by atoms with Crippen LogP contribution in [0.5, 0.6) is 0 Å². The van der Waals surface area contributed by atoms with Crippen LogP contribution in [0.4, 0.5) is 0 Å². The van der Waals surface area contributed by atoms with E-state index in [2.05, 4.69) is 48.7 Å². The summed E-state index contributed by atoms with van der Waals surface area (Å²) in [4.78, 5) is 1.34. The van der Waals surface area contributed by atoms with Gasteiger partial charge < -0.3 is 5.32 Å². The van der Waals surface area contributed by atoms with Gasteiger partial charge in [0.05, 0.1) is 16.4 Å². The molecule has 1 N–H and O–H groups in total. The summed E-state index contributed by atoms with van der Waals surface area (Å²) in [5.74, 6) is 0. The van der Waals surface area contributed by atoms with E-state index >= 15 is 0 Å². The summed E-state index contributed by atoms with van der Waals surface area (Å²) in [7, 11) is 0. The van der Waals surface area contributed by atoms with Crippen LogP contribution in [0.3, 0.4) is 0 Å². The van der Waals surface area contributed by atoms with E-state index in [1.807, 2.05) is 4.68 Å². The van der Waals surface area contributed by atoms with E-state index in [-0.39, 0.29) is 0 Å². The Morgan fingerprint density at radius 1 is 1.47 bits per heavy atom. The number of thiophene rings is 1. The van der Waals surface area contributed by atoms with Crippen molar-refractivity contribution in [3.63, 3.8) is 0 Å². The minimum atomic E-state index is 0.335. The van der Waals surface area contributed by atoms with Gasteiger partial charge in [-0.3, -0.25) is 4.68 Å². The molecule has 2 aromatic heterocycles. The Labute approximate surface area is 123 Å². The van der Waals surface area contributed by atoms with Crippen molar-refractivity contribution in [1.29, 1.82) is 0 Å². The van der Waals surface area contributed by atoms with Gasteiger partial charge in [0, 0.05) is 24.0 Å². The first-order valence-electron chi connectivity index (χ1n) is 6.68. The van der Waals surface area contributed by atoms with Crippen molar-refractivity contribution in [1.82, 2.24) is 15.1 Å². The predicted molar refractivity (Wildman–Crippen MR) is 81.9 cm³/mol. The van der Waals surface area contributed by atoms with E-state index in [1.165, 1.54) is 4.88 Å². The van der Waals surface area contributed by atoms with Crippen LogP contribution in [0.2, 0.25) is 5.02 Å². The highest BCUT2D eigenvalue weighted by Gasteiger charge is 2.15. The molecular weight excluding hydrogens is 278 g/mol. The first-order valence-corrected chi connectivity index (χ1v) is 7.93. The fourth-order valence-corrected chi connectivity index (χ4v) is 3.17. The number of halogens is 1. The molecule has 2 heterocycles. The van der Waals surface area contributed by atoms with E-state index in [0.29, 0.717) is 6.04 Å². The smallest absolute Gasteiger partial charge is 0.0863 e. The molecule has 19 heavy (non-hydrogen) atoms. The average Bonchev–Trinajstić information content (AvgIpc) is 3.04. The third-order valence-electron chi connectivity index (χ3n) is 3.24. The van der Waals surface area contributed by atoms with E-state index in [1.54, 1.807) is 11.3 Å². The quantitative estimate of drug-likeness (QED) is 0.872. The van der Waals surface area contributed by atoms with Gasteiger partial charge in [-0.05, 0) is 31.7 Å². The highest BCUT2D eigenvalue weighted by molar-refractivity contribution is 7.10. The van der Waals surface area contributed by atoms with E-state index in [0.717, 1.165) is 35.9 Å². The van der Waals surface area contributed by atoms with Crippen LogP contribution in [0.1, 0.15) is 43.1 Å². The molecule has 0 amide bonds. The van der Waals surface area contributed by atoms with E-state index in [9.17, 15) is 0 Å².